The Morgan fingerprint density at radius 1 is 1.19 bits per heavy atom. The molecule has 1 aliphatic heterocycles. The summed E-state index contributed by atoms with van der Waals surface area (Å²) in [5, 5.41) is 0. The number of para-hydroxylation sites is 1. The zero-order valence-electron chi connectivity index (χ0n) is 12.5. The molecule has 0 fully saturated rings. The second-order valence-corrected chi connectivity index (χ2v) is 6.02. The van der Waals surface area contributed by atoms with Crippen LogP contribution in [0.2, 0.25) is 0 Å². The molecule has 1 aromatic carbocycles. The molecular formula is C17H18N2O2. The Morgan fingerprint density at radius 3 is 2.57 bits per heavy atom. The highest BCUT2D eigenvalue weighted by atomic mass is 16.2. The standard InChI is InChI=1S/C17H18N2O2/c1-17(2)13-6-4-5-7-14(13)19(16(17)21)11-15(20)12-8-9-18(3)10-12/h4-10H,11H2,1-3H3. The molecule has 0 spiro atoms. The number of rotatable bonds is 3. The van der Waals surface area contributed by atoms with Gasteiger partial charge in [-0.05, 0) is 31.5 Å². The maximum Gasteiger partial charge on any atom is 0.237 e. The summed E-state index contributed by atoms with van der Waals surface area (Å²) in [6, 6.07) is 9.46. The van der Waals surface area contributed by atoms with Crippen LogP contribution in [0.25, 0.3) is 0 Å². The van der Waals surface area contributed by atoms with Gasteiger partial charge in [0.25, 0.3) is 0 Å². The lowest BCUT2D eigenvalue weighted by Gasteiger charge is -2.19. The number of fused-ring (bicyclic) bond motifs is 1. The van der Waals surface area contributed by atoms with E-state index in [0.717, 1.165) is 11.3 Å². The van der Waals surface area contributed by atoms with E-state index in [1.807, 2.05) is 55.9 Å². The number of hydrogen-bond acceptors (Lipinski definition) is 2. The average Bonchev–Trinajstić information content (AvgIpc) is 2.96. The van der Waals surface area contributed by atoms with Crippen molar-refractivity contribution in [3.05, 3.63) is 53.9 Å². The van der Waals surface area contributed by atoms with E-state index in [1.54, 1.807) is 17.2 Å². The minimum Gasteiger partial charge on any atom is -0.357 e. The Morgan fingerprint density at radius 2 is 1.90 bits per heavy atom. The highest BCUT2D eigenvalue weighted by molar-refractivity contribution is 6.12. The van der Waals surface area contributed by atoms with Gasteiger partial charge in [0.1, 0.15) is 0 Å². The van der Waals surface area contributed by atoms with E-state index in [-0.39, 0.29) is 18.2 Å². The van der Waals surface area contributed by atoms with E-state index in [9.17, 15) is 9.59 Å². The number of benzene rings is 1. The minimum absolute atomic E-state index is 0.0204. The fourth-order valence-corrected chi connectivity index (χ4v) is 2.86. The van der Waals surface area contributed by atoms with Gasteiger partial charge in [-0.1, -0.05) is 18.2 Å². The van der Waals surface area contributed by atoms with Crippen molar-refractivity contribution in [1.29, 1.82) is 0 Å². The lowest BCUT2D eigenvalue weighted by atomic mass is 9.86. The maximum absolute atomic E-state index is 12.6. The first-order valence-electron chi connectivity index (χ1n) is 6.98. The average molecular weight is 282 g/mol. The van der Waals surface area contributed by atoms with Gasteiger partial charge >= 0.3 is 0 Å². The van der Waals surface area contributed by atoms with Crippen LogP contribution in [0.3, 0.4) is 0 Å². The van der Waals surface area contributed by atoms with Crippen LogP contribution in [0.5, 0.6) is 0 Å². The second kappa shape index (κ2) is 4.58. The van der Waals surface area contributed by atoms with Gasteiger partial charge in [-0.2, -0.15) is 0 Å². The number of amides is 1. The van der Waals surface area contributed by atoms with Gasteiger partial charge < -0.3 is 9.47 Å². The molecule has 0 aliphatic carbocycles. The minimum atomic E-state index is -0.576. The van der Waals surface area contributed by atoms with Gasteiger partial charge in [0, 0.05) is 30.7 Å². The van der Waals surface area contributed by atoms with Crippen molar-refractivity contribution in [2.75, 3.05) is 11.4 Å². The predicted molar refractivity (Wildman–Crippen MR) is 81.6 cm³/mol. The molecule has 0 bridgehead atoms. The number of Topliss-reactive ketones (excluding diaryl/α,β-unsaturated/α-hetero) is 1. The number of nitrogens with zero attached hydrogens (tertiary/aromatic N) is 2. The molecular weight excluding hydrogens is 264 g/mol. The normalized spacial score (nSPS) is 16.1. The molecule has 0 N–H and O–H groups in total. The first-order chi connectivity index (χ1) is 9.91. The Bertz CT molecular complexity index is 728. The second-order valence-electron chi connectivity index (χ2n) is 6.02. The van der Waals surface area contributed by atoms with Crippen LogP contribution >= 0.6 is 0 Å². The van der Waals surface area contributed by atoms with Crippen LogP contribution in [-0.2, 0) is 17.3 Å². The van der Waals surface area contributed by atoms with E-state index in [4.69, 9.17) is 0 Å². The summed E-state index contributed by atoms with van der Waals surface area (Å²) >= 11 is 0. The largest absolute Gasteiger partial charge is 0.357 e. The molecule has 1 aliphatic rings. The molecule has 1 aromatic heterocycles. The van der Waals surface area contributed by atoms with Crippen molar-refractivity contribution in [3.63, 3.8) is 0 Å². The Labute approximate surface area is 124 Å². The van der Waals surface area contributed by atoms with Crippen LogP contribution in [0, 0.1) is 0 Å². The van der Waals surface area contributed by atoms with Crippen LogP contribution in [0.15, 0.2) is 42.7 Å². The summed E-state index contributed by atoms with van der Waals surface area (Å²) in [5.74, 6) is -0.0653. The third kappa shape index (κ3) is 2.07. The molecule has 4 heteroatoms. The molecule has 0 atom stereocenters. The third-order valence-electron chi connectivity index (χ3n) is 4.10. The number of carbonyl (C=O) groups excluding carboxylic acids is 2. The Balaban J connectivity index is 1.93. The molecule has 108 valence electrons. The van der Waals surface area contributed by atoms with Crippen LogP contribution in [0.4, 0.5) is 5.69 Å². The number of ketones is 1. The van der Waals surface area contributed by atoms with E-state index in [0.29, 0.717) is 5.56 Å². The van der Waals surface area contributed by atoms with Crippen LogP contribution in [0.1, 0.15) is 29.8 Å². The summed E-state index contributed by atoms with van der Waals surface area (Å²) in [6.45, 7) is 3.89. The van der Waals surface area contributed by atoms with Crippen molar-refractivity contribution >= 4 is 17.4 Å². The zero-order valence-corrected chi connectivity index (χ0v) is 12.5. The first kappa shape index (κ1) is 13.6. The van der Waals surface area contributed by atoms with Crippen molar-refractivity contribution in [2.45, 2.75) is 19.3 Å². The topological polar surface area (TPSA) is 42.3 Å². The summed E-state index contributed by atoms with van der Waals surface area (Å²) in [5.41, 5.74) is 1.88. The molecule has 2 heterocycles. The molecule has 4 nitrogen and oxygen atoms in total. The van der Waals surface area contributed by atoms with Crippen molar-refractivity contribution in [3.8, 4) is 0 Å². The van der Waals surface area contributed by atoms with E-state index in [2.05, 4.69) is 0 Å². The third-order valence-corrected chi connectivity index (χ3v) is 4.10. The molecule has 0 saturated heterocycles. The van der Waals surface area contributed by atoms with Crippen LogP contribution in [-0.4, -0.2) is 22.8 Å². The number of aromatic nitrogens is 1. The highest BCUT2D eigenvalue weighted by Crippen LogP contribution is 2.41. The number of aryl methyl sites for hydroxylation is 1. The van der Waals surface area contributed by atoms with E-state index in [1.165, 1.54) is 0 Å². The summed E-state index contributed by atoms with van der Waals surface area (Å²) in [4.78, 5) is 26.6. The Kier molecular flexibility index (Phi) is 2.97. The van der Waals surface area contributed by atoms with Crippen molar-refractivity contribution < 1.29 is 9.59 Å². The maximum atomic E-state index is 12.6. The van der Waals surface area contributed by atoms with E-state index >= 15 is 0 Å². The Hall–Kier alpha value is -2.36. The molecule has 1 amide bonds. The molecule has 21 heavy (non-hydrogen) atoms. The fourth-order valence-electron chi connectivity index (χ4n) is 2.86. The molecule has 0 saturated carbocycles. The van der Waals surface area contributed by atoms with Gasteiger partial charge in [0.05, 0.1) is 12.0 Å². The number of carbonyl (C=O) groups is 2. The smallest absolute Gasteiger partial charge is 0.237 e. The monoisotopic (exact) mass is 282 g/mol. The SMILES string of the molecule is Cn1ccc(C(=O)CN2C(=O)C(C)(C)c3ccccc32)c1. The van der Waals surface area contributed by atoms with Crippen molar-refractivity contribution in [2.24, 2.45) is 7.05 Å². The van der Waals surface area contributed by atoms with Gasteiger partial charge in [0.2, 0.25) is 5.91 Å². The number of anilines is 1. The van der Waals surface area contributed by atoms with Crippen LogP contribution < -0.4 is 4.90 Å². The lowest BCUT2D eigenvalue weighted by Crippen LogP contribution is -2.39. The lowest BCUT2D eigenvalue weighted by molar-refractivity contribution is -0.122. The summed E-state index contributed by atoms with van der Waals surface area (Å²) in [6.07, 6.45) is 3.61. The van der Waals surface area contributed by atoms with Gasteiger partial charge in [-0.15, -0.1) is 0 Å². The van der Waals surface area contributed by atoms with Gasteiger partial charge in [0.15, 0.2) is 5.78 Å². The molecule has 3 rings (SSSR count). The summed E-state index contributed by atoms with van der Waals surface area (Å²) in [7, 11) is 1.87. The van der Waals surface area contributed by atoms with E-state index < -0.39 is 5.41 Å². The molecule has 0 unspecified atom stereocenters. The van der Waals surface area contributed by atoms with Gasteiger partial charge in [-0.25, -0.2) is 0 Å². The quantitative estimate of drug-likeness (QED) is 0.812. The number of hydrogen-bond donors (Lipinski definition) is 0. The molecule has 0 radical (unpaired) electrons. The fraction of sp³-hybridized carbons (Fsp3) is 0.294. The van der Waals surface area contributed by atoms with Crippen molar-refractivity contribution in [1.82, 2.24) is 4.57 Å². The highest BCUT2D eigenvalue weighted by Gasteiger charge is 2.44. The first-order valence-corrected chi connectivity index (χ1v) is 6.98. The molecule has 2 aromatic rings. The predicted octanol–water partition coefficient (Wildman–Crippen LogP) is 2.53. The van der Waals surface area contributed by atoms with Gasteiger partial charge in [-0.3, -0.25) is 9.59 Å². The summed E-state index contributed by atoms with van der Waals surface area (Å²) < 4.78 is 1.83. The zero-order chi connectivity index (χ0) is 15.2.